The molecule has 1 aliphatic heterocycles. The third-order valence-corrected chi connectivity index (χ3v) is 5.03. The molecule has 138 valence electrons. The zero-order chi connectivity index (χ0) is 18.1. The van der Waals surface area contributed by atoms with Crippen molar-refractivity contribution in [1.82, 2.24) is 4.90 Å². The molecule has 0 aromatic heterocycles. The number of likely N-dealkylation sites (tertiary alicyclic amines) is 1. The Morgan fingerprint density at radius 3 is 2.72 bits per heavy atom. The molecule has 5 nitrogen and oxygen atoms in total. The Hall–Kier alpha value is -1.69. The standard InChI is InChI=1S/C19H27NO4S/c1-3-23-18(22)19(11-13-24-16-8-5-4-6-9-16)10-7-12-20(15-19)17(21)14-25-2/h4-6,8-9H,3,7,10-15H2,1-2H3. The number of hydrogen-bond donors (Lipinski definition) is 0. The number of carbonyl (C=O) groups excluding carboxylic acids is 2. The summed E-state index contributed by atoms with van der Waals surface area (Å²) in [5.41, 5.74) is -0.670. The number of benzene rings is 1. The van der Waals surface area contributed by atoms with Crippen molar-refractivity contribution in [2.45, 2.75) is 26.2 Å². The van der Waals surface area contributed by atoms with E-state index in [-0.39, 0.29) is 11.9 Å². The van der Waals surface area contributed by atoms with Gasteiger partial charge in [-0.25, -0.2) is 0 Å². The van der Waals surface area contributed by atoms with Crippen molar-refractivity contribution >= 4 is 23.6 Å². The minimum absolute atomic E-state index is 0.0878. The number of amides is 1. The molecule has 1 aromatic carbocycles. The number of esters is 1. The zero-order valence-corrected chi connectivity index (χ0v) is 15.8. The van der Waals surface area contributed by atoms with Crippen LogP contribution in [0.1, 0.15) is 26.2 Å². The number of rotatable bonds is 8. The summed E-state index contributed by atoms with van der Waals surface area (Å²) in [7, 11) is 0. The molecule has 1 fully saturated rings. The predicted octanol–water partition coefficient (Wildman–Crippen LogP) is 2.99. The van der Waals surface area contributed by atoms with E-state index in [9.17, 15) is 9.59 Å². The van der Waals surface area contributed by atoms with E-state index in [0.717, 1.165) is 18.6 Å². The van der Waals surface area contributed by atoms with Gasteiger partial charge in [0.1, 0.15) is 5.75 Å². The van der Waals surface area contributed by atoms with Gasteiger partial charge in [-0.1, -0.05) is 18.2 Å². The van der Waals surface area contributed by atoms with Gasteiger partial charge in [0.25, 0.3) is 0 Å². The molecule has 25 heavy (non-hydrogen) atoms. The van der Waals surface area contributed by atoms with Gasteiger partial charge in [-0.2, -0.15) is 11.8 Å². The van der Waals surface area contributed by atoms with E-state index in [4.69, 9.17) is 9.47 Å². The topological polar surface area (TPSA) is 55.8 Å². The fourth-order valence-electron chi connectivity index (χ4n) is 3.20. The zero-order valence-electron chi connectivity index (χ0n) is 15.0. The Kier molecular flexibility index (Phi) is 7.62. The first kappa shape index (κ1) is 19.6. The van der Waals surface area contributed by atoms with Crippen LogP contribution in [-0.4, -0.2) is 55.1 Å². The highest BCUT2D eigenvalue weighted by Crippen LogP contribution is 2.35. The Balaban J connectivity index is 2.05. The lowest BCUT2D eigenvalue weighted by Gasteiger charge is -2.41. The maximum atomic E-state index is 12.7. The Labute approximate surface area is 154 Å². The molecule has 0 aliphatic carbocycles. The Bertz CT molecular complexity index is 566. The van der Waals surface area contributed by atoms with Crippen molar-refractivity contribution in [2.75, 3.05) is 38.3 Å². The summed E-state index contributed by atoms with van der Waals surface area (Å²) in [5.74, 6) is 1.10. The van der Waals surface area contributed by atoms with Crippen LogP contribution in [0.3, 0.4) is 0 Å². The first-order valence-corrected chi connectivity index (χ1v) is 10.1. The fourth-order valence-corrected chi connectivity index (χ4v) is 3.63. The van der Waals surface area contributed by atoms with Gasteiger partial charge in [-0.3, -0.25) is 9.59 Å². The molecule has 1 unspecified atom stereocenters. The van der Waals surface area contributed by atoms with Crippen molar-refractivity contribution in [3.05, 3.63) is 30.3 Å². The van der Waals surface area contributed by atoms with Crippen LogP contribution in [0.15, 0.2) is 30.3 Å². The highest BCUT2D eigenvalue weighted by molar-refractivity contribution is 7.99. The van der Waals surface area contributed by atoms with Gasteiger partial charge in [0.05, 0.1) is 24.4 Å². The second kappa shape index (κ2) is 9.70. The number of ether oxygens (including phenoxy) is 2. The Morgan fingerprint density at radius 2 is 2.04 bits per heavy atom. The lowest BCUT2D eigenvalue weighted by Crippen LogP contribution is -2.51. The molecule has 0 spiro atoms. The third-order valence-electron chi connectivity index (χ3n) is 4.50. The molecular weight excluding hydrogens is 338 g/mol. The van der Waals surface area contributed by atoms with Crippen LogP contribution in [0.5, 0.6) is 5.75 Å². The van der Waals surface area contributed by atoms with E-state index >= 15 is 0 Å². The number of nitrogens with zero attached hydrogens (tertiary/aromatic N) is 1. The number of thioether (sulfide) groups is 1. The number of piperidine rings is 1. The summed E-state index contributed by atoms with van der Waals surface area (Å²) in [4.78, 5) is 26.8. The van der Waals surface area contributed by atoms with Crippen molar-refractivity contribution < 1.29 is 19.1 Å². The van der Waals surface area contributed by atoms with Crippen LogP contribution in [0, 0.1) is 5.41 Å². The molecular formula is C19H27NO4S. The van der Waals surface area contributed by atoms with Crippen LogP contribution in [0.2, 0.25) is 0 Å². The average Bonchev–Trinajstić information content (AvgIpc) is 2.63. The van der Waals surface area contributed by atoms with Crippen LogP contribution >= 0.6 is 11.8 Å². The van der Waals surface area contributed by atoms with Crippen molar-refractivity contribution in [3.8, 4) is 5.75 Å². The summed E-state index contributed by atoms with van der Waals surface area (Å²) in [6, 6.07) is 9.56. The molecule has 1 atom stereocenters. The van der Waals surface area contributed by atoms with Crippen molar-refractivity contribution in [1.29, 1.82) is 0 Å². The molecule has 0 bridgehead atoms. The molecule has 0 N–H and O–H groups in total. The maximum absolute atomic E-state index is 12.7. The number of para-hydroxylation sites is 1. The molecule has 0 radical (unpaired) electrons. The van der Waals surface area contributed by atoms with Crippen LogP contribution in [-0.2, 0) is 14.3 Å². The lowest BCUT2D eigenvalue weighted by molar-refractivity contribution is -0.161. The van der Waals surface area contributed by atoms with Gasteiger partial charge in [-0.05, 0) is 44.6 Å². The SMILES string of the molecule is CCOC(=O)C1(CCOc2ccccc2)CCCN(C(=O)CSC)C1. The highest BCUT2D eigenvalue weighted by Gasteiger charge is 2.44. The second-order valence-electron chi connectivity index (χ2n) is 6.26. The maximum Gasteiger partial charge on any atom is 0.314 e. The second-order valence-corrected chi connectivity index (χ2v) is 7.13. The highest BCUT2D eigenvalue weighted by atomic mass is 32.2. The van der Waals surface area contributed by atoms with Crippen LogP contribution in [0.4, 0.5) is 0 Å². The Morgan fingerprint density at radius 1 is 1.28 bits per heavy atom. The number of hydrogen-bond acceptors (Lipinski definition) is 5. The molecule has 2 rings (SSSR count). The number of carbonyl (C=O) groups is 2. The first-order chi connectivity index (χ1) is 12.1. The summed E-state index contributed by atoms with van der Waals surface area (Å²) >= 11 is 1.51. The largest absolute Gasteiger partial charge is 0.494 e. The van der Waals surface area contributed by atoms with Gasteiger partial charge in [0.2, 0.25) is 5.91 Å². The van der Waals surface area contributed by atoms with E-state index in [1.807, 2.05) is 43.5 Å². The minimum Gasteiger partial charge on any atom is -0.494 e. The van der Waals surface area contributed by atoms with E-state index in [1.165, 1.54) is 11.8 Å². The molecule has 1 amide bonds. The molecule has 1 heterocycles. The smallest absolute Gasteiger partial charge is 0.314 e. The fraction of sp³-hybridized carbons (Fsp3) is 0.579. The average molecular weight is 365 g/mol. The molecule has 1 aromatic rings. The monoisotopic (exact) mass is 365 g/mol. The van der Waals surface area contributed by atoms with Gasteiger partial charge in [-0.15, -0.1) is 0 Å². The van der Waals surface area contributed by atoms with Crippen molar-refractivity contribution in [2.24, 2.45) is 5.41 Å². The normalized spacial score (nSPS) is 20.2. The van der Waals surface area contributed by atoms with Gasteiger partial charge < -0.3 is 14.4 Å². The van der Waals surface area contributed by atoms with E-state index in [2.05, 4.69) is 0 Å². The predicted molar refractivity (Wildman–Crippen MR) is 99.8 cm³/mol. The lowest BCUT2D eigenvalue weighted by atomic mass is 9.77. The quantitative estimate of drug-likeness (QED) is 0.663. The van der Waals surface area contributed by atoms with Gasteiger partial charge in [0.15, 0.2) is 0 Å². The molecule has 1 aliphatic rings. The summed E-state index contributed by atoms with van der Waals surface area (Å²) in [5, 5.41) is 0. The van der Waals surface area contributed by atoms with Crippen LogP contribution in [0.25, 0.3) is 0 Å². The van der Waals surface area contributed by atoms with E-state index in [1.54, 1.807) is 4.90 Å². The summed E-state index contributed by atoms with van der Waals surface area (Å²) in [6.45, 7) is 3.71. The molecule has 6 heteroatoms. The molecule has 1 saturated heterocycles. The van der Waals surface area contributed by atoms with Gasteiger partial charge in [0, 0.05) is 13.1 Å². The third kappa shape index (κ3) is 5.39. The van der Waals surface area contributed by atoms with E-state index < -0.39 is 5.41 Å². The summed E-state index contributed by atoms with van der Waals surface area (Å²) in [6.07, 6.45) is 4.00. The van der Waals surface area contributed by atoms with Gasteiger partial charge >= 0.3 is 5.97 Å². The molecule has 0 saturated carbocycles. The van der Waals surface area contributed by atoms with Crippen LogP contribution < -0.4 is 4.74 Å². The van der Waals surface area contributed by atoms with Crippen molar-refractivity contribution in [3.63, 3.8) is 0 Å². The first-order valence-electron chi connectivity index (χ1n) is 8.73. The minimum atomic E-state index is -0.670. The summed E-state index contributed by atoms with van der Waals surface area (Å²) < 4.78 is 11.1. The van der Waals surface area contributed by atoms with E-state index in [0.29, 0.717) is 38.5 Å².